The number of likely N-dealkylation sites (tertiary alicyclic amines) is 1. The van der Waals surface area contributed by atoms with Gasteiger partial charge in [-0.2, -0.15) is 0 Å². The van der Waals surface area contributed by atoms with Crippen molar-refractivity contribution in [2.45, 2.75) is 57.9 Å². The highest BCUT2D eigenvalue weighted by Crippen LogP contribution is 2.26. The van der Waals surface area contributed by atoms with Gasteiger partial charge in [-0.25, -0.2) is 4.79 Å². The van der Waals surface area contributed by atoms with Crippen molar-refractivity contribution >= 4 is 11.9 Å². The van der Waals surface area contributed by atoms with Gasteiger partial charge in [0.2, 0.25) is 5.91 Å². The number of nitrogens with zero attached hydrogens (tertiary/aromatic N) is 2. The second-order valence-electron chi connectivity index (χ2n) is 6.40. The van der Waals surface area contributed by atoms with E-state index in [2.05, 4.69) is 5.32 Å². The second-order valence-corrected chi connectivity index (χ2v) is 6.40. The molecule has 2 rings (SSSR count). The van der Waals surface area contributed by atoms with E-state index in [4.69, 9.17) is 0 Å². The van der Waals surface area contributed by atoms with E-state index >= 15 is 0 Å². The van der Waals surface area contributed by atoms with Crippen LogP contribution in [0.5, 0.6) is 0 Å². The summed E-state index contributed by atoms with van der Waals surface area (Å²) in [5, 5.41) is 3.06. The monoisotopic (exact) mass is 295 g/mol. The molecule has 120 valence electrons. The Hall–Kier alpha value is -1.26. The lowest BCUT2D eigenvalue weighted by atomic mass is 9.87. The SMILES string of the molecule is CCN(C)C(=O)NC1CCN(C(=O)C2CCCCC2)CC1. The maximum absolute atomic E-state index is 12.5. The highest BCUT2D eigenvalue weighted by molar-refractivity contribution is 5.79. The topological polar surface area (TPSA) is 52.7 Å². The molecule has 0 atom stereocenters. The summed E-state index contributed by atoms with van der Waals surface area (Å²) >= 11 is 0. The zero-order valence-corrected chi connectivity index (χ0v) is 13.4. The molecule has 1 aliphatic heterocycles. The smallest absolute Gasteiger partial charge is 0.317 e. The molecule has 0 unspecified atom stereocenters. The molecule has 0 radical (unpaired) electrons. The van der Waals surface area contributed by atoms with Gasteiger partial charge in [0.05, 0.1) is 0 Å². The first kappa shape index (κ1) is 16.1. The summed E-state index contributed by atoms with van der Waals surface area (Å²) in [4.78, 5) is 28.0. The lowest BCUT2D eigenvalue weighted by Gasteiger charge is -2.35. The Morgan fingerprint density at radius 1 is 1.10 bits per heavy atom. The third-order valence-electron chi connectivity index (χ3n) is 4.91. The minimum atomic E-state index is -0.00504. The number of carbonyl (C=O) groups is 2. The third-order valence-corrected chi connectivity index (χ3v) is 4.91. The molecule has 2 fully saturated rings. The summed E-state index contributed by atoms with van der Waals surface area (Å²) in [7, 11) is 1.80. The first-order valence-corrected chi connectivity index (χ1v) is 8.42. The van der Waals surface area contributed by atoms with Gasteiger partial charge in [0, 0.05) is 38.6 Å². The molecule has 1 saturated heterocycles. The maximum Gasteiger partial charge on any atom is 0.317 e. The minimum Gasteiger partial charge on any atom is -0.342 e. The number of amides is 3. The van der Waals surface area contributed by atoms with Crippen molar-refractivity contribution in [3.05, 3.63) is 0 Å². The van der Waals surface area contributed by atoms with Gasteiger partial charge in [0.15, 0.2) is 0 Å². The number of piperidine rings is 1. The van der Waals surface area contributed by atoms with Crippen LogP contribution < -0.4 is 5.32 Å². The fourth-order valence-corrected chi connectivity index (χ4v) is 3.28. The van der Waals surface area contributed by atoms with Gasteiger partial charge < -0.3 is 15.1 Å². The number of hydrogen-bond acceptors (Lipinski definition) is 2. The Balaban J connectivity index is 1.75. The molecule has 1 N–H and O–H groups in total. The Morgan fingerprint density at radius 2 is 1.71 bits per heavy atom. The van der Waals surface area contributed by atoms with Gasteiger partial charge in [-0.1, -0.05) is 19.3 Å². The summed E-state index contributed by atoms with van der Waals surface area (Å²) in [6.45, 7) is 4.25. The molecule has 0 aromatic heterocycles. The molecule has 5 heteroatoms. The molecule has 0 aromatic rings. The quantitative estimate of drug-likeness (QED) is 0.868. The molecule has 1 saturated carbocycles. The number of urea groups is 1. The van der Waals surface area contributed by atoms with Crippen LogP contribution in [0, 0.1) is 5.92 Å². The van der Waals surface area contributed by atoms with E-state index in [1.165, 1.54) is 19.3 Å². The van der Waals surface area contributed by atoms with Crippen LogP contribution in [0.1, 0.15) is 51.9 Å². The molecular formula is C16H29N3O2. The van der Waals surface area contributed by atoms with Crippen molar-refractivity contribution in [2.75, 3.05) is 26.7 Å². The van der Waals surface area contributed by atoms with Crippen LogP contribution in [0.4, 0.5) is 4.79 Å². The van der Waals surface area contributed by atoms with Crippen LogP contribution >= 0.6 is 0 Å². The highest BCUT2D eigenvalue weighted by Gasteiger charge is 2.29. The largest absolute Gasteiger partial charge is 0.342 e. The average molecular weight is 295 g/mol. The van der Waals surface area contributed by atoms with Gasteiger partial charge in [-0.05, 0) is 32.6 Å². The maximum atomic E-state index is 12.5. The van der Waals surface area contributed by atoms with Crippen LogP contribution in [-0.2, 0) is 4.79 Å². The van der Waals surface area contributed by atoms with Crippen LogP contribution in [0.3, 0.4) is 0 Å². The second kappa shape index (κ2) is 7.66. The van der Waals surface area contributed by atoms with E-state index in [1.54, 1.807) is 11.9 Å². The van der Waals surface area contributed by atoms with Crippen LogP contribution in [0.2, 0.25) is 0 Å². The molecule has 0 spiro atoms. The van der Waals surface area contributed by atoms with Gasteiger partial charge in [-0.15, -0.1) is 0 Å². The number of rotatable bonds is 3. The molecule has 0 aromatic carbocycles. The standard InChI is InChI=1S/C16H29N3O2/c1-3-18(2)16(21)17-14-9-11-19(12-10-14)15(20)13-7-5-4-6-8-13/h13-14H,3-12H2,1-2H3,(H,17,21). The third kappa shape index (κ3) is 4.35. The molecule has 21 heavy (non-hydrogen) atoms. The van der Waals surface area contributed by atoms with Crippen LogP contribution in [0.15, 0.2) is 0 Å². The number of hydrogen-bond donors (Lipinski definition) is 1. The van der Waals surface area contributed by atoms with Crippen LogP contribution in [-0.4, -0.2) is 54.5 Å². The summed E-state index contributed by atoms with van der Waals surface area (Å²) in [6.07, 6.45) is 7.57. The fraction of sp³-hybridized carbons (Fsp3) is 0.875. The fourth-order valence-electron chi connectivity index (χ4n) is 3.28. The normalized spacial score (nSPS) is 21.1. The molecule has 5 nitrogen and oxygen atoms in total. The van der Waals surface area contributed by atoms with E-state index in [9.17, 15) is 9.59 Å². The minimum absolute atomic E-state index is 0.00504. The lowest BCUT2D eigenvalue weighted by molar-refractivity contribution is -0.137. The van der Waals surface area contributed by atoms with Gasteiger partial charge >= 0.3 is 6.03 Å². The van der Waals surface area contributed by atoms with E-state index < -0.39 is 0 Å². The van der Waals surface area contributed by atoms with E-state index in [-0.39, 0.29) is 18.0 Å². The predicted molar refractivity (Wildman–Crippen MR) is 83.0 cm³/mol. The van der Waals surface area contributed by atoms with Gasteiger partial charge in [0.25, 0.3) is 0 Å². The highest BCUT2D eigenvalue weighted by atomic mass is 16.2. The predicted octanol–water partition coefficient (Wildman–Crippen LogP) is 2.22. The van der Waals surface area contributed by atoms with Gasteiger partial charge in [-0.3, -0.25) is 4.79 Å². The van der Waals surface area contributed by atoms with Crippen LogP contribution in [0.25, 0.3) is 0 Å². The summed E-state index contributed by atoms with van der Waals surface area (Å²) in [5.41, 5.74) is 0. The molecule has 2 aliphatic rings. The first-order valence-electron chi connectivity index (χ1n) is 8.42. The zero-order chi connectivity index (χ0) is 15.2. The average Bonchev–Trinajstić information content (AvgIpc) is 2.55. The van der Waals surface area contributed by atoms with Crippen molar-refractivity contribution in [1.29, 1.82) is 0 Å². The molecular weight excluding hydrogens is 266 g/mol. The molecule has 0 bridgehead atoms. The molecule has 3 amide bonds. The number of nitrogens with one attached hydrogen (secondary N) is 1. The van der Waals surface area contributed by atoms with E-state index in [0.717, 1.165) is 38.8 Å². The van der Waals surface area contributed by atoms with E-state index in [0.29, 0.717) is 12.5 Å². The van der Waals surface area contributed by atoms with Crippen molar-refractivity contribution < 1.29 is 9.59 Å². The Bertz CT molecular complexity index is 359. The first-order chi connectivity index (χ1) is 10.1. The van der Waals surface area contributed by atoms with Crippen molar-refractivity contribution in [2.24, 2.45) is 5.92 Å². The van der Waals surface area contributed by atoms with Gasteiger partial charge in [0.1, 0.15) is 0 Å². The Kier molecular flexibility index (Phi) is 5.88. The summed E-state index contributed by atoms with van der Waals surface area (Å²) in [5.74, 6) is 0.612. The lowest BCUT2D eigenvalue weighted by Crippen LogP contribution is -2.50. The zero-order valence-electron chi connectivity index (χ0n) is 13.4. The summed E-state index contributed by atoms with van der Waals surface area (Å²) < 4.78 is 0. The molecule has 1 aliphatic carbocycles. The number of carbonyl (C=O) groups excluding carboxylic acids is 2. The van der Waals surface area contributed by atoms with Crippen molar-refractivity contribution in [1.82, 2.24) is 15.1 Å². The summed E-state index contributed by atoms with van der Waals surface area (Å²) in [6, 6.07) is 0.205. The Morgan fingerprint density at radius 3 is 2.29 bits per heavy atom. The Labute approximate surface area is 128 Å². The van der Waals surface area contributed by atoms with Crippen molar-refractivity contribution in [3.8, 4) is 0 Å². The molecule has 1 heterocycles. The van der Waals surface area contributed by atoms with E-state index in [1.807, 2.05) is 11.8 Å². The van der Waals surface area contributed by atoms with Crippen molar-refractivity contribution in [3.63, 3.8) is 0 Å².